The predicted molar refractivity (Wildman–Crippen MR) is 101 cm³/mol. The molecule has 2 N–H and O–H groups in total. The van der Waals surface area contributed by atoms with Crippen LogP contribution in [0.3, 0.4) is 0 Å². The molecule has 2 saturated heterocycles. The number of carbonyl (C=O) groups is 3. The number of carboxylic acid groups (broad SMARTS) is 2. The number of aliphatic carboxylic acids is 2. The molecule has 1 amide bonds. The van der Waals surface area contributed by atoms with Gasteiger partial charge in [0, 0.05) is 12.5 Å². The largest absolute Gasteiger partial charge is 0.481 e. The molecule has 3 fully saturated rings. The molecule has 6 rings (SSSR count). The van der Waals surface area contributed by atoms with Gasteiger partial charge in [0.15, 0.2) is 0 Å². The number of benzene rings is 2. The third kappa shape index (κ3) is 2.27. The second kappa shape index (κ2) is 5.83. The molecule has 2 bridgehead atoms. The van der Waals surface area contributed by atoms with E-state index in [9.17, 15) is 24.6 Å². The molecule has 7 heteroatoms. The van der Waals surface area contributed by atoms with Gasteiger partial charge in [-0.3, -0.25) is 9.69 Å². The Hall–Kier alpha value is -3.35. The summed E-state index contributed by atoms with van der Waals surface area (Å²) < 4.78 is 5.55. The van der Waals surface area contributed by atoms with E-state index in [4.69, 9.17) is 4.74 Å². The molecule has 0 aromatic heterocycles. The first-order chi connectivity index (χ1) is 13.9. The average Bonchev–Trinajstić information content (AvgIpc) is 3.32. The summed E-state index contributed by atoms with van der Waals surface area (Å²) in [6.45, 7) is -0.0650. The van der Waals surface area contributed by atoms with Crippen LogP contribution in [-0.4, -0.2) is 51.8 Å². The van der Waals surface area contributed by atoms with Crippen molar-refractivity contribution >= 4 is 18.0 Å². The Balaban J connectivity index is 1.38. The lowest BCUT2D eigenvalue weighted by molar-refractivity contribution is -0.162. The Morgan fingerprint density at radius 1 is 0.931 bits per heavy atom. The van der Waals surface area contributed by atoms with Gasteiger partial charge in [0.1, 0.15) is 12.1 Å². The summed E-state index contributed by atoms with van der Waals surface area (Å²) >= 11 is 0. The van der Waals surface area contributed by atoms with Crippen molar-refractivity contribution in [2.24, 2.45) is 5.41 Å². The minimum Gasteiger partial charge on any atom is -0.481 e. The predicted octanol–water partition coefficient (Wildman–Crippen LogP) is 2.94. The normalized spacial score (nSPS) is 26.4. The number of amides is 1. The molecule has 2 aliphatic carbocycles. The third-order valence-corrected chi connectivity index (χ3v) is 6.65. The first-order valence-corrected chi connectivity index (χ1v) is 9.47. The number of ether oxygens (including phenoxy) is 1. The van der Waals surface area contributed by atoms with E-state index in [1.54, 1.807) is 0 Å². The lowest BCUT2D eigenvalue weighted by atomic mass is 9.62. The van der Waals surface area contributed by atoms with E-state index in [0.29, 0.717) is 0 Å². The van der Waals surface area contributed by atoms with E-state index in [-0.39, 0.29) is 31.9 Å². The first kappa shape index (κ1) is 17.7. The average molecular weight is 393 g/mol. The van der Waals surface area contributed by atoms with Crippen LogP contribution < -0.4 is 0 Å². The van der Waals surface area contributed by atoms with E-state index < -0.39 is 29.0 Å². The monoisotopic (exact) mass is 393 g/mol. The topological polar surface area (TPSA) is 104 Å². The molecule has 2 aromatic carbocycles. The van der Waals surface area contributed by atoms with Gasteiger partial charge in [0.25, 0.3) is 0 Å². The van der Waals surface area contributed by atoms with Crippen LogP contribution in [0.5, 0.6) is 0 Å². The highest BCUT2D eigenvalue weighted by atomic mass is 16.6. The molecule has 29 heavy (non-hydrogen) atoms. The minimum atomic E-state index is -1.47. The summed E-state index contributed by atoms with van der Waals surface area (Å²) in [5.41, 5.74) is 1.66. The van der Waals surface area contributed by atoms with Crippen molar-refractivity contribution in [1.29, 1.82) is 0 Å². The van der Waals surface area contributed by atoms with Crippen LogP contribution in [-0.2, 0) is 14.3 Å². The van der Waals surface area contributed by atoms with Gasteiger partial charge < -0.3 is 14.9 Å². The summed E-state index contributed by atoms with van der Waals surface area (Å²) in [5, 5.41) is 19.1. The van der Waals surface area contributed by atoms with Crippen molar-refractivity contribution in [2.75, 3.05) is 13.2 Å². The molecule has 0 unspecified atom stereocenters. The molecule has 2 heterocycles. The lowest BCUT2D eigenvalue weighted by Crippen LogP contribution is -2.58. The fourth-order valence-corrected chi connectivity index (χ4v) is 5.22. The van der Waals surface area contributed by atoms with Gasteiger partial charge in [-0.1, -0.05) is 48.5 Å². The zero-order valence-electron chi connectivity index (χ0n) is 15.5. The molecule has 1 saturated carbocycles. The van der Waals surface area contributed by atoms with E-state index in [0.717, 1.165) is 27.2 Å². The van der Waals surface area contributed by atoms with Gasteiger partial charge in [0.2, 0.25) is 0 Å². The van der Waals surface area contributed by atoms with Crippen molar-refractivity contribution < 1.29 is 29.3 Å². The van der Waals surface area contributed by atoms with Gasteiger partial charge >= 0.3 is 18.0 Å². The Kier molecular flexibility index (Phi) is 3.56. The smallest absolute Gasteiger partial charge is 0.410 e. The molecular weight excluding hydrogens is 374 g/mol. The molecule has 7 nitrogen and oxygen atoms in total. The molecule has 4 aliphatic rings. The highest BCUT2D eigenvalue weighted by Gasteiger charge is 2.74. The summed E-state index contributed by atoms with van der Waals surface area (Å²) in [7, 11) is 0. The quantitative estimate of drug-likeness (QED) is 0.828. The molecule has 0 spiro atoms. The zero-order chi connectivity index (χ0) is 20.4. The standard InChI is InChI=1S/C22H19NO6/c24-18(25)21-10-22(11-21,19(26)27)23(12-21)20(28)29-9-17-15-7-3-1-5-13(15)14-6-2-4-8-16(14)17/h1-8,17H,9-12H2,(H,24,25)(H,26,27). The van der Waals surface area contributed by atoms with E-state index in [1.165, 1.54) is 0 Å². The van der Waals surface area contributed by atoms with Crippen molar-refractivity contribution in [1.82, 2.24) is 4.90 Å². The van der Waals surface area contributed by atoms with Crippen LogP contribution in [0.2, 0.25) is 0 Å². The van der Waals surface area contributed by atoms with Crippen molar-refractivity contribution in [3.63, 3.8) is 0 Å². The zero-order valence-corrected chi connectivity index (χ0v) is 15.5. The Bertz CT molecular complexity index is 1010. The van der Waals surface area contributed by atoms with Gasteiger partial charge in [-0.2, -0.15) is 0 Å². The molecule has 2 aliphatic heterocycles. The van der Waals surface area contributed by atoms with Crippen molar-refractivity contribution in [3.05, 3.63) is 59.7 Å². The Morgan fingerprint density at radius 3 is 2.00 bits per heavy atom. The van der Waals surface area contributed by atoms with Crippen LogP contribution in [0.25, 0.3) is 11.1 Å². The number of carboxylic acids is 2. The SMILES string of the molecule is O=C(OCC1c2ccccc2-c2ccccc21)N1CC2(C(=O)O)CC1(C(=O)O)C2. The number of hydrogen-bond acceptors (Lipinski definition) is 4. The summed E-state index contributed by atoms with van der Waals surface area (Å²) in [6, 6.07) is 15.8. The molecule has 0 atom stereocenters. The summed E-state index contributed by atoms with van der Waals surface area (Å²) in [5.74, 6) is -2.39. The van der Waals surface area contributed by atoms with E-state index in [2.05, 4.69) is 0 Å². The van der Waals surface area contributed by atoms with Gasteiger partial charge in [-0.15, -0.1) is 0 Å². The van der Waals surface area contributed by atoms with Crippen LogP contribution in [0, 0.1) is 5.41 Å². The molecule has 2 aromatic rings. The van der Waals surface area contributed by atoms with Gasteiger partial charge in [0.05, 0.1) is 5.41 Å². The van der Waals surface area contributed by atoms with Gasteiger partial charge in [-0.05, 0) is 35.1 Å². The summed E-state index contributed by atoms with van der Waals surface area (Å²) in [4.78, 5) is 37.2. The van der Waals surface area contributed by atoms with Crippen LogP contribution in [0.1, 0.15) is 29.9 Å². The Morgan fingerprint density at radius 2 is 1.48 bits per heavy atom. The highest BCUT2D eigenvalue weighted by molar-refractivity contribution is 5.93. The van der Waals surface area contributed by atoms with Crippen molar-refractivity contribution in [3.8, 4) is 11.1 Å². The maximum absolute atomic E-state index is 12.8. The third-order valence-electron chi connectivity index (χ3n) is 6.65. The number of carbonyl (C=O) groups excluding carboxylic acids is 1. The van der Waals surface area contributed by atoms with E-state index >= 15 is 0 Å². The van der Waals surface area contributed by atoms with E-state index in [1.807, 2.05) is 48.5 Å². The number of hydrogen-bond donors (Lipinski definition) is 2. The van der Waals surface area contributed by atoms with Crippen molar-refractivity contribution in [2.45, 2.75) is 24.3 Å². The second-order valence-electron chi connectivity index (χ2n) is 8.17. The van der Waals surface area contributed by atoms with Crippen LogP contribution in [0.15, 0.2) is 48.5 Å². The number of nitrogens with zero attached hydrogens (tertiary/aromatic N) is 1. The van der Waals surface area contributed by atoms with Crippen LogP contribution in [0.4, 0.5) is 4.79 Å². The number of fused-ring (bicyclic) bond motifs is 4. The fraction of sp³-hybridized carbons (Fsp3) is 0.318. The molecular formula is C22H19NO6. The molecule has 0 radical (unpaired) electrons. The lowest BCUT2D eigenvalue weighted by Gasteiger charge is -2.41. The summed E-state index contributed by atoms with van der Waals surface area (Å²) in [6.07, 6.45) is -0.918. The number of rotatable bonds is 4. The fourth-order valence-electron chi connectivity index (χ4n) is 5.22. The minimum absolute atomic E-state index is 0.0686. The van der Waals surface area contributed by atoms with Crippen LogP contribution >= 0.6 is 0 Å². The maximum atomic E-state index is 12.8. The highest BCUT2D eigenvalue weighted by Crippen LogP contribution is 2.60. The van der Waals surface area contributed by atoms with Gasteiger partial charge in [-0.25, -0.2) is 9.59 Å². The maximum Gasteiger partial charge on any atom is 0.410 e. The first-order valence-electron chi connectivity index (χ1n) is 9.47. The molecule has 148 valence electrons. The Labute approximate surface area is 166 Å². The second-order valence-corrected chi connectivity index (χ2v) is 8.17.